The van der Waals surface area contributed by atoms with Gasteiger partial charge in [0, 0.05) is 96.5 Å². The fourth-order valence-corrected chi connectivity index (χ4v) is 10.3. The zero-order chi connectivity index (χ0) is 64.5. The van der Waals surface area contributed by atoms with E-state index in [9.17, 15) is 47.9 Å². The number of hydrogen-bond acceptors (Lipinski definition) is 15. The van der Waals surface area contributed by atoms with Gasteiger partial charge in [-0.2, -0.15) is 0 Å². The lowest BCUT2D eigenvalue weighted by Gasteiger charge is -2.31. The summed E-state index contributed by atoms with van der Waals surface area (Å²) in [5.74, 6) is -1.93. The van der Waals surface area contributed by atoms with Gasteiger partial charge in [-0.3, -0.25) is 47.9 Å². The molecule has 5 atom stereocenters. The van der Waals surface area contributed by atoms with Gasteiger partial charge >= 0.3 is 29.8 Å². The Kier molecular flexibility index (Phi) is 42.0. The predicted molar refractivity (Wildman–Crippen MR) is 332 cm³/mol. The van der Waals surface area contributed by atoms with Crippen LogP contribution < -0.4 is 0 Å². The number of esters is 5. The molecule has 0 aromatic heterocycles. The lowest BCUT2D eigenvalue weighted by molar-refractivity contribution is -0.149. The molecule has 20 heteroatoms. The molecule has 0 aromatic rings. The number of hydrogen-bond donors (Lipinski definition) is 0. The summed E-state index contributed by atoms with van der Waals surface area (Å²) in [6, 6.07) is 0. The van der Waals surface area contributed by atoms with Crippen LogP contribution in [-0.2, 0) is 71.6 Å². The Morgan fingerprint density at radius 1 is 0.349 bits per heavy atom. The Labute approximate surface area is 517 Å². The molecular formula is C66H117N5O15. The first-order valence-electron chi connectivity index (χ1n) is 33.3. The summed E-state index contributed by atoms with van der Waals surface area (Å²) in [4.78, 5) is 125. The van der Waals surface area contributed by atoms with Crippen LogP contribution in [0.4, 0.5) is 0 Å². The molecule has 86 heavy (non-hydrogen) atoms. The number of ether oxygens (including phenoxy) is 5. The van der Waals surface area contributed by atoms with Crippen molar-refractivity contribution in [1.29, 1.82) is 0 Å². The number of nitrogens with zero attached hydrogens (tertiary/aromatic N) is 5. The van der Waals surface area contributed by atoms with E-state index in [1.807, 2.05) is 20.8 Å². The molecular weight excluding hydrogens is 1100 g/mol. The minimum absolute atomic E-state index is 0.0351. The maximum atomic E-state index is 11.9. The number of carbonyl (C=O) groups excluding carboxylic acids is 10. The van der Waals surface area contributed by atoms with Gasteiger partial charge in [0.2, 0.25) is 29.5 Å². The fraction of sp³-hybridized carbons (Fsp3) is 0.848. The zero-order valence-electron chi connectivity index (χ0n) is 55.6. The van der Waals surface area contributed by atoms with Crippen molar-refractivity contribution in [3.05, 3.63) is 0 Å². The molecule has 496 valence electrons. The number of unbranched alkanes of at least 4 members (excludes halogenated alkanes) is 13. The molecule has 5 fully saturated rings. The van der Waals surface area contributed by atoms with E-state index in [2.05, 4.69) is 53.2 Å². The van der Waals surface area contributed by atoms with Gasteiger partial charge in [-0.1, -0.05) is 132 Å². The lowest BCUT2D eigenvalue weighted by atomic mass is 10.1. The minimum atomic E-state index is -0.287. The second kappa shape index (κ2) is 45.9. The van der Waals surface area contributed by atoms with Crippen molar-refractivity contribution in [3.63, 3.8) is 0 Å². The van der Waals surface area contributed by atoms with E-state index in [0.717, 1.165) is 116 Å². The maximum absolute atomic E-state index is 11.9. The smallest absolute Gasteiger partial charge is 0.311 e. The third-order valence-corrected chi connectivity index (χ3v) is 15.8. The summed E-state index contributed by atoms with van der Waals surface area (Å²) in [5, 5.41) is 0. The maximum Gasteiger partial charge on any atom is 0.311 e. The molecule has 5 amide bonds. The van der Waals surface area contributed by atoms with Crippen molar-refractivity contribution in [2.24, 2.45) is 29.6 Å². The topological polar surface area (TPSA) is 233 Å². The highest BCUT2D eigenvalue weighted by atomic mass is 16.5. The normalized spacial score (nSPS) is 19.9. The molecule has 5 aliphatic rings. The van der Waals surface area contributed by atoms with Gasteiger partial charge < -0.3 is 48.2 Å². The first kappa shape index (κ1) is 78.7. The molecule has 20 nitrogen and oxygen atoms in total. The molecule has 5 aliphatic heterocycles. The highest BCUT2D eigenvalue weighted by molar-refractivity contribution is 5.89. The van der Waals surface area contributed by atoms with Gasteiger partial charge in [-0.15, -0.1) is 0 Å². The van der Waals surface area contributed by atoms with Gasteiger partial charge in [0.1, 0.15) is 0 Å². The van der Waals surface area contributed by atoms with Gasteiger partial charge in [0.15, 0.2) is 0 Å². The summed E-state index contributed by atoms with van der Waals surface area (Å²) in [5.41, 5.74) is -0.208. The monoisotopic (exact) mass is 1220 g/mol. The lowest BCUT2D eigenvalue weighted by Crippen LogP contribution is -2.42. The Bertz CT molecular complexity index is 2010. The molecule has 0 N–H and O–H groups in total. The highest BCUT2D eigenvalue weighted by Crippen LogP contribution is 2.27. The number of methoxy groups -OCH3 is 1. The Morgan fingerprint density at radius 3 is 0.907 bits per heavy atom. The first-order chi connectivity index (χ1) is 41.1. The van der Waals surface area contributed by atoms with Crippen LogP contribution in [0.25, 0.3) is 0 Å². The molecule has 0 aromatic carbocycles. The summed E-state index contributed by atoms with van der Waals surface area (Å²) in [7, 11) is 1.35. The van der Waals surface area contributed by atoms with E-state index >= 15 is 0 Å². The summed E-state index contributed by atoms with van der Waals surface area (Å²) in [6.07, 6.45) is 23.3. The van der Waals surface area contributed by atoms with Gasteiger partial charge in [-0.25, -0.2) is 0 Å². The molecule has 5 saturated heterocycles. The number of carbonyl (C=O) groups is 10. The molecule has 5 unspecified atom stereocenters. The third-order valence-electron chi connectivity index (χ3n) is 15.8. The summed E-state index contributed by atoms with van der Waals surface area (Å²) in [6.45, 7) is 30.1. The predicted octanol–water partition coefficient (Wildman–Crippen LogP) is 10.3. The molecule has 0 saturated carbocycles. The van der Waals surface area contributed by atoms with Crippen molar-refractivity contribution >= 4 is 59.4 Å². The number of amides is 5. The van der Waals surface area contributed by atoms with Crippen molar-refractivity contribution in [1.82, 2.24) is 24.5 Å². The van der Waals surface area contributed by atoms with E-state index in [1.165, 1.54) is 45.6 Å². The number of likely N-dealkylation sites (tertiary alicyclic amines) is 5. The summed E-state index contributed by atoms with van der Waals surface area (Å²) < 4.78 is 25.3. The van der Waals surface area contributed by atoms with Crippen LogP contribution in [0.2, 0.25) is 0 Å². The Hall–Kier alpha value is -5.30. The van der Waals surface area contributed by atoms with Crippen LogP contribution in [0.3, 0.4) is 0 Å². The van der Waals surface area contributed by atoms with E-state index in [0.29, 0.717) is 84.8 Å². The van der Waals surface area contributed by atoms with Crippen molar-refractivity contribution in [3.8, 4) is 0 Å². The molecule has 5 heterocycles. The quantitative estimate of drug-likeness (QED) is 0.0338. The highest BCUT2D eigenvalue weighted by Gasteiger charge is 2.41. The van der Waals surface area contributed by atoms with Crippen molar-refractivity contribution in [2.45, 2.75) is 242 Å². The second-order valence-electron chi connectivity index (χ2n) is 24.4. The van der Waals surface area contributed by atoms with Crippen LogP contribution in [0.5, 0.6) is 0 Å². The Balaban J connectivity index is 0.000000541. The second-order valence-corrected chi connectivity index (χ2v) is 24.4. The van der Waals surface area contributed by atoms with E-state index < -0.39 is 0 Å². The first-order valence-corrected chi connectivity index (χ1v) is 33.3. The van der Waals surface area contributed by atoms with Gasteiger partial charge in [-0.05, 0) is 72.6 Å². The molecule has 0 aliphatic carbocycles. The SMILES string of the molecule is CCCCCCCCOC(=O)C1CC(=O)N(CCCC)C1.CCCCCCOC(=O)C1CC(=O)N(CCCC)C1.CCCCN1CC(C(=O)OCC)CC1=O.CCCCOC(=O)C1CC(=O)N(CCCC)C1.COC(=O)C1CC(=O)N(C(C)(C)C)C1. The molecule has 5 rings (SSSR count). The molecule has 0 bridgehead atoms. The number of rotatable bonds is 33. The van der Waals surface area contributed by atoms with Crippen molar-refractivity contribution < 1.29 is 71.6 Å². The van der Waals surface area contributed by atoms with Crippen LogP contribution in [0.15, 0.2) is 0 Å². The van der Waals surface area contributed by atoms with Crippen LogP contribution in [0, 0.1) is 29.6 Å². The third kappa shape index (κ3) is 31.6. The largest absolute Gasteiger partial charge is 0.469 e. The average Bonchev–Trinajstić information content (AvgIpc) is 3.70. The van der Waals surface area contributed by atoms with Gasteiger partial charge in [0.25, 0.3) is 0 Å². The van der Waals surface area contributed by atoms with E-state index in [-0.39, 0.29) is 101 Å². The molecule has 0 spiro atoms. The van der Waals surface area contributed by atoms with Crippen LogP contribution in [-0.4, -0.2) is 182 Å². The van der Waals surface area contributed by atoms with Crippen molar-refractivity contribution in [2.75, 3.05) is 92.4 Å². The minimum Gasteiger partial charge on any atom is -0.469 e. The molecule has 0 radical (unpaired) electrons. The zero-order valence-corrected chi connectivity index (χ0v) is 55.6. The average molecular weight is 1220 g/mol. The Morgan fingerprint density at radius 2 is 0.616 bits per heavy atom. The van der Waals surface area contributed by atoms with E-state index in [4.69, 9.17) is 18.9 Å². The fourth-order valence-electron chi connectivity index (χ4n) is 10.3. The van der Waals surface area contributed by atoms with Crippen LogP contribution >= 0.6 is 0 Å². The summed E-state index contributed by atoms with van der Waals surface area (Å²) >= 11 is 0. The standard InChI is InChI=1S/C17H31NO3.C15H27NO3.C13H23NO3.C11H19NO3.C10H17NO3/c1-3-5-7-8-9-10-12-21-17(20)15-13-16(19)18(14-15)11-6-4-2;1-3-5-7-8-10-19-15(18)13-11-14(17)16(12-13)9-6-4-2;1-3-5-7-14-10-11(9-12(14)15)13(16)17-8-6-4-2;1-3-5-6-12-8-9(7-10(12)13)11(14)15-4-2;1-10(2,3)11-6-7(5-8(11)12)9(13)14-4/h15H,3-14H2,1-2H3;13H,3-12H2,1-2H3;11H,3-10H2,1-2H3;9H,3-8H2,1-2H3;7H,5-6H2,1-4H3. The van der Waals surface area contributed by atoms with Gasteiger partial charge in [0.05, 0.1) is 63.1 Å². The van der Waals surface area contributed by atoms with E-state index in [1.54, 1.807) is 31.4 Å². The van der Waals surface area contributed by atoms with Crippen LogP contribution in [0.1, 0.15) is 237 Å².